The summed E-state index contributed by atoms with van der Waals surface area (Å²) in [5.41, 5.74) is 12.7. The van der Waals surface area contributed by atoms with Crippen LogP contribution in [-0.4, -0.2) is 9.97 Å². The van der Waals surface area contributed by atoms with E-state index < -0.39 is 0 Å². The first-order chi connectivity index (χ1) is 18.7. The van der Waals surface area contributed by atoms with Crippen LogP contribution < -0.4 is 0 Å². The lowest BCUT2D eigenvalue weighted by atomic mass is 9.95. The fraction of sp³-hybridized carbons (Fsp3) is 0.0556. The quantitative estimate of drug-likeness (QED) is 0.241. The molecule has 1 heterocycles. The molecule has 0 aliphatic rings. The summed E-state index contributed by atoms with van der Waals surface area (Å²) in [4.78, 5) is 10.6. The molecule has 2 heteroatoms. The molecule has 0 atom stereocenters. The molecule has 0 aliphatic carbocycles. The lowest BCUT2D eigenvalue weighted by Gasteiger charge is -2.16. The van der Waals surface area contributed by atoms with Crippen molar-refractivity contribution >= 4 is 0 Å². The second kappa shape index (κ2) is 10.3. The molecule has 0 bridgehead atoms. The van der Waals surface area contributed by atoms with Crippen molar-refractivity contribution in [3.8, 4) is 56.2 Å². The first-order valence-electron chi connectivity index (χ1n) is 12.9. The van der Waals surface area contributed by atoms with Gasteiger partial charge in [-0.3, -0.25) is 0 Å². The predicted molar refractivity (Wildman–Crippen MR) is 159 cm³/mol. The molecule has 0 aliphatic heterocycles. The van der Waals surface area contributed by atoms with E-state index in [0.717, 1.165) is 45.0 Å². The second-order valence-corrected chi connectivity index (χ2v) is 9.61. The highest BCUT2D eigenvalue weighted by Gasteiger charge is 2.19. The number of rotatable bonds is 5. The summed E-state index contributed by atoms with van der Waals surface area (Å²) >= 11 is 0. The van der Waals surface area contributed by atoms with Crippen molar-refractivity contribution in [2.45, 2.75) is 13.8 Å². The molecule has 38 heavy (non-hydrogen) atoms. The van der Waals surface area contributed by atoms with Crippen LogP contribution in [0.3, 0.4) is 0 Å². The topological polar surface area (TPSA) is 25.8 Å². The van der Waals surface area contributed by atoms with Gasteiger partial charge in [0, 0.05) is 22.3 Å². The van der Waals surface area contributed by atoms with Gasteiger partial charge in [-0.05, 0) is 30.5 Å². The van der Waals surface area contributed by atoms with Crippen LogP contribution in [0.5, 0.6) is 0 Å². The molecule has 0 spiro atoms. The van der Waals surface area contributed by atoms with Crippen molar-refractivity contribution in [3.05, 3.63) is 145 Å². The van der Waals surface area contributed by atoms with Gasteiger partial charge in [0.1, 0.15) is 0 Å². The van der Waals surface area contributed by atoms with Gasteiger partial charge in [0.2, 0.25) is 0 Å². The summed E-state index contributed by atoms with van der Waals surface area (Å²) in [5, 5.41) is 0. The van der Waals surface area contributed by atoms with Crippen LogP contribution in [0.15, 0.2) is 133 Å². The molecule has 0 fully saturated rings. The van der Waals surface area contributed by atoms with Crippen LogP contribution in [0, 0.1) is 13.8 Å². The first-order valence-corrected chi connectivity index (χ1v) is 12.9. The Hall–Kier alpha value is -4.82. The van der Waals surface area contributed by atoms with Crippen molar-refractivity contribution in [2.75, 3.05) is 0 Å². The summed E-state index contributed by atoms with van der Waals surface area (Å²) in [6.07, 6.45) is 0. The summed E-state index contributed by atoms with van der Waals surface area (Å²) in [6, 6.07) is 46.4. The Morgan fingerprint density at radius 1 is 0.368 bits per heavy atom. The lowest BCUT2D eigenvalue weighted by Crippen LogP contribution is -2.00. The van der Waals surface area contributed by atoms with Crippen LogP contribution in [0.1, 0.15) is 11.1 Å². The Morgan fingerprint density at radius 3 is 1.16 bits per heavy atom. The van der Waals surface area contributed by atoms with Gasteiger partial charge in [-0.2, -0.15) is 0 Å². The number of aromatic nitrogens is 2. The number of hydrogen-bond donors (Lipinski definition) is 0. The third-order valence-electron chi connectivity index (χ3n) is 6.90. The largest absolute Gasteiger partial charge is 0.243 e. The fourth-order valence-electron chi connectivity index (χ4n) is 4.88. The zero-order valence-electron chi connectivity index (χ0n) is 21.6. The zero-order chi connectivity index (χ0) is 25.9. The van der Waals surface area contributed by atoms with Crippen LogP contribution in [-0.2, 0) is 0 Å². The molecule has 6 rings (SSSR count). The maximum absolute atomic E-state index is 5.34. The van der Waals surface area contributed by atoms with Crippen LogP contribution in [0.4, 0.5) is 0 Å². The van der Waals surface area contributed by atoms with E-state index >= 15 is 0 Å². The standard InChI is InChI=1S/C36H28N2/c1-25-18-19-26(2)32(24-25)27-20-22-31(23-21-27)36-35(30-16-10-5-11-17-30)37-33(28-12-6-3-7-13-28)34(38-36)29-14-8-4-9-15-29/h3-24H,1-2H3. The van der Waals surface area contributed by atoms with Crippen molar-refractivity contribution in [1.82, 2.24) is 9.97 Å². The molecular formula is C36H28N2. The highest BCUT2D eigenvalue weighted by molar-refractivity contribution is 5.87. The van der Waals surface area contributed by atoms with Gasteiger partial charge in [0.15, 0.2) is 0 Å². The Morgan fingerprint density at radius 2 is 0.737 bits per heavy atom. The van der Waals surface area contributed by atoms with E-state index in [1.165, 1.54) is 22.3 Å². The highest BCUT2D eigenvalue weighted by Crippen LogP contribution is 2.37. The van der Waals surface area contributed by atoms with Gasteiger partial charge in [0.05, 0.1) is 22.8 Å². The van der Waals surface area contributed by atoms with Gasteiger partial charge < -0.3 is 0 Å². The smallest absolute Gasteiger partial charge is 0.0973 e. The van der Waals surface area contributed by atoms with Gasteiger partial charge in [-0.15, -0.1) is 0 Å². The minimum Gasteiger partial charge on any atom is -0.243 e. The molecule has 6 aromatic rings. The predicted octanol–water partition coefficient (Wildman–Crippen LogP) is 9.43. The number of aryl methyl sites for hydroxylation is 2. The molecule has 0 radical (unpaired) electrons. The molecule has 0 N–H and O–H groups in total. The summed E-state index contributed by atoms with van der Waals surface area (Å²) < 4.78 is 0. The molecule has 0 saturated heterocycles. The highest BCUT2D eigenvalue weighted by atomic mass is 14.9. The van der Waals surface area contributed by atoms with E-state index in [-0.39, 0.29) is 0 Å². The Labute approximate surface area is 224 Å². The molecule has 2 nitrogen and oxygen atoms in total. The average Bonchev–Trinajstić information content (AvgIpc) is 2.99. The minimum absolute atomic E-state index is 0.877. The summed E-state index contributed by atoms with van der Waals surface area (Å²) in [7, 11) is 0. The molecule has 0 unspecified atom stereocenters. The van der Waals surface area contributed by atoms with Crippen molar-refractivity contribution in [2.24, 2.45) is 0 Å². The van der Waals surface area contributed by atoms with E-state index in [1.54, 1.807) is 0 Å². The average molecular weight is 489 g/mol. The maximum Gasteiger partial charge on any atom is 0.0973 e. The van der Waals surface area contributed by atoms with Crippen molar-refractivity contribution in [1.29, 1.82) is 0 Å². The van der Waals surface area contributed by atoms with Gasteiger partial charge in [-0.25, -0.2) is 9.97 Å². The Kier molecular flexibility index (Phi) is 6.37. The SMILES string of the molecule is Cc1ccc(C)c(-c2ccc(-c3nc(-c4ccccc4)c(-c4ccccc4)nc3-c3ccccc3)cc2)c1. The molecule has 0 saturated carbocycles. The van der Waals surface area contributed by atoms with Crippen LogP contribution >= 0.6 is 0 Å². The third-order valence-corrected chi connectivity index (χ3v) is 6.90. The van der Waals surface area contributed by atoms with Gasteiger partial charge in [-0.1, -0.05) is 139 Å². The second-order valence-electron chi connectivity index (χ2n) is 9.61. The van der Waals surface area contributed by atoms with E-state index in [9.17, 15) is 0 Å². The molecule has 1 aromatic heterocycles. The molecule has 0 amide bonds. The number of nitrogens with zero attached hydrogens (tertiary/aromatic N) is 2. The molecular weight excluding hydrogens is 460 g/mol. The van der Waals surface area contributed by atoms with Crippen molar-refractivity contribution in [3.63, 3.8) is 0 Å². The van der Waals surface area contributed by atoms with Crippen molar-refractivity contribution < 1.29 is 0 Å². The summed E-state index contributed by atoms with van der Waals surface area (Å²) in [6.45, 7) is 4.30. The number of hydrogen-bond acceptors (Lipinski definition) is 2. The first kappa shape index (κ1) is 23.6. The van der Waals surface area contributed by atoms with Crippen LogP contribution in [0.2, 0.25) is 0 Å². The van der Waals surface area contributed by atoms with Gasteiger partial charge in [0.25, 0.3) is 0 Å². The molecule has 5 aromatic carbocycles. The maximum atomic E-state index is 5.34. The Bertz CT molecular complexity index is 1690. The molecule has 182 valence electrons. The van der Waals surface area contributed by atoms with E-state index in [4.69, 9.17) is 9.97 Å². The monoisotopic (exact) mass is 488 g/mol. The lowest BCUT2D eigenvalue weighted by molar-refractivity contribution is 1.21. The minimum atomic E-state index is 0.877. The fourth-order valence-corrected chi connectivity index (χ4v) is 4.88. The number of benzene rings is 5. The van der Waals surface area contributed by atoms with E-state index in [2.05, 4.69) is 117 Å². The van der Waals surface area contributed by atoms with Crippen LogP contribution in [0.25, 0.3) is 56.2 Å². The van der Waals surface area contributed by atoms with Gasteiger partial charge >= 0.3 is 0 Å². The van der Waals surface area contributed by atoms with E-state index in [1.807, 2.05) is 30.3 Å². The van der Waals surface area contributed by atoms with E-state index in [0.29, 0.717) is 0 Å². The summed E-state index contributed by atoms with van der Waals surface area (Å²) in [5.74, 6) is 0. The zero-order valence-corrected chi connectivity index (χ0v) is 21.6. The normalized spacial score (nSPS) is 10.9. The third kappa shape index (κ3) is 4.65. The Balaban J connectivity index is 1.57.